The number of rotatable bonds is 0. The molecule has 28 heavy (non-hydrogen) atoms. The van der Waals surface area contributed by atoms with Gasteiger partial charge >= 0.3 is 0 Å². The Morgan fingerprint density at radius 2 is 0.821 bits per heavy atom. The standard InChI is InChI=1S/C25H19N3/c26-14-5-8-18-17-3-1-2-4-21(17)25(22(18)11-14)23-12-15(27)6-9-19(23)20-10-7-16(28)13-24(20)25/h1-13H,26-28H2. The first kappa shape index (κ1) is 15.3. The summed E-state index contributed by atoms with van der Waals surface area (Å²) in [4.78, 5) is 0. The Bertz CT molecular complexity index is 1230. The summed E-state index contributed by atoms with van der Waals surface area (Å²) in [6.45, 7) is 0. The first-order valence-electron chi connectivity index (χ1n) is 9.41. The normalized spacial score (nSPS) is 14.4. The van der Waals surface area contributed by atoms with E-state index < -0.39 is 5.41 Å². The monoisotopic (exact) mass is 361 g/mol. The van der Waals surface area contributed by atoms with Crippen molar-refractivity contribution in [2.24, 2.45) is 0 Å². The van der Waals surface area contributed by atoms with Crippen LogP contribution in [0.2, 0.25) is 0 Å². The molecule has 0 radical (unpaired) electrons. The molecule has 0 saturated heterocycles. The van der Waals surface area contributed by atoms with Gasteiger partial charge < -0.3 is 17.2 Å². The van der Waals surface area contributed by atoms with E-state index in [0.29, 0.717) is 0 Å². The highest BCUT2D eigenvalue weighted by Crippen LogP contribution is 2.63. The highest BCUT2D eigenvalue weighted by Gasteiger charge is 2.51. The topological polar surface area (TPSA) is 78.1 Å². The molecule has 0 fully saturated rings. The molecular weight excluding hydrogens is 342 g/mol. The predicted molar refractivity (Wildman–Crippen MR) is 116 cm³/mol. The highest BCUT2D eigenvalue weighted by atomic mass is 14.6. The van der Waals surface area contributed by atoms with Crippen molar-refractivity contribution in [3.8, 4) is 22.3 Å². The average Bonchev–Trinajstić information content (AvgIpc) is 3.13. The smallest absolute Gasteiger partial charge is 0.0727 e. The lowest BCUT2D eigenvalue weighted by molar-refractivity contribution is 0.795. The summed E-state index contributed by atoms with van der Waals surface area (Å²) in [5.74, 6) is 0. The van der Waals surface area contributed by atoms with E-state index in [2.05, 4.69) is 60.7 Å². The minimum Gasteiger partial charge on any atom is -0.399 e. The summed E-state index contributed by atoms with van der Waals surface area (Å²) in [6.07, 6.45) is 0. The van der Waals surface area contributed by atoms with Gasteiger partial charge in [0, 0.05) is 17.1 Å². The number of hydrogen-bond acceptors (Lipinski definition) is 3. The minimum absolute atomic E-state index is 0.448. The molecule has 3 heteroatoms. The van der Waals surface area contributed by atoms with Gasteiger partial charge in [-0.2, -0.15) is 0 Å². The average molecular weight is 361 g/mol. The van der Waals surface area contributed by atoms with E-state index in [4.69, 9.17) is 17.2 Å². The van der Waals surface area contributed by atoms with Crippen LogP contribution >= 0.6 is 0 Å². The number of hydrogen-bond donors (Lipinski definition) is 3. The Balaban J connectivity index is 1.88. The number of nitrogen functional groups attached to an aromatic ring is 3. The third kappa shape index (κ3) is 1.65. The summed E-state index contributed by atoms with van der Waals surface area (Å²) >= 11 is 0. The molecule has 2 aliphatic carbocycles. The lowest BCUT2D eigenvalue weighted by atomic mass is 9.70. The maximum absolute atomic E-state index is 6.27. The van der Waals surface area contributed by atoms with E-state index in [0.717, 1.165) is 17.1 Å². The summed E-state index contributed by atoms with van der Waals surface area (Å²) in [7, 11) is 0. The van der Waals surface area contributed by atoms with Crippen LogP contribution in [0, 0.1) is 0 Å². The maximum atomic E-state index is 6.27. The second-order valence-corrected chi connectivity index (χ2v) is 7.71. The van der Waals surface area contributed by atoms with Crippen LogP contribution in [0.5, 0.6) is 0 Å². The molecule has 0 bridgehead atoms. The van der Waals surface area contributed by atoms with Gasteiger partial charge in [0.05, 0.1) is 5.41 Å². The molecule has 0 unspecified atom stereocenters. The predicted octanol–water partition coefficient (Wildman–Crippen LogP) is 4.78. The lowest BCUT2D eigenvalue weighted by Gasteiger charge is -2.30. The number of nitrogens with two attached hydrogens (primary N) is 3. The number of benzene rings is 4. The molecule has 0 saturated carbocycles. The lowest BCUT2D eigenvalue weighted by Crippen LogP contribution is -2.26. The second-order valence-electron chi connectivity index (χ2n) is 7.71. The quantitative estimate of drug-likeness (QED) is 0.341. The van der Waals surface area contributed by atoms with E-state index in [1.807, 2.05) is 18.2 Å². The first-order chi connectivity index (χ1) is 13.6. The highest BCUT2D eigenvalue weighted by molar-refractivity contribution is 5.96. The van der Waals surface area contributed by atoms with E-state index in [1.165, 1.54) is 44.5 Å². The van der Waals surface area contributed by atoms with Gasteiger partial charge in [-0.15, -0.1) is 0 Å². The summed E-state index contributed by atoms with van der Waals surface area (Å²) in [6, 6.07) is 27.2. The molecule has 0 aromatic heterocycles. The van der Waals surface area contributed by atoms with Crippen molar-refractivity contribution >= 4 is 17.1 Å². The molecule has 134 valence electrons. The van der Waals surface area contributed by atoms with Crippen LogP contribution in [0.1, 0.15) is 22.3 Å². The van der Waals surface area contributed by atoms with Crippen LogP contribution in [0.15, 0.2) is 78.9 Å². The Labute approximate surface area is 163 Å². The van der Waals surface area contributed by atoms with Gasteiger partial charge in [0.2, 0.25) is 0 Å². The van der Waals surface area contributed by atoms with Gasteiger partial charge in [0.1, 0.15) is 0 Å². The molecule has 4 aromatic rings. The first-order valence-corrected chi connectivity index (χ1v) is 9.41. The zero-order valence-electron chi connectivity index (χ0n) is 15.2. The fourth-order valence-corrected chi connectivity index (χ4v) is 5.24. The number of anilines is 3. The van der Waals surface area contributed by atoms with E-state index in [-0.39, 0.29) is 0 Å². The molecule has 4 aromatic carbocycles. The Kier molecular flexibility index (Phi) is 2.72. The van der Waals surface area contributed by atoms with Crippen LogP contribution in [0.4, 0.5) is 17.1 Å². The fourth-order valence-electron chi connectivity index (χ4n) is 5.24. The summed E-state index contributed by atoms with van der Waals surface area (Å²) < 4.78 is 0. The van der Waals surface area contributed by atoms with Crippen molar-refractivity contribution in [3.63, 3.8) is 0 Å². The molecule has 6 rings (SSSR count). The van der Waals surface area contributed by atoms with Gasteiger partial charge in [-0.25, -0.2) is 0 Å². The van der Waals surface area contributed by atoms with E-state index in [1.54, 1.807) is 0 Å². The molecule has 0 amide bonds. The van der Waals surface area contributed by atoms with Gasteiger partial charge in [-0.05, 0) is 80.9 Å². The molecule has 0 atom stereocenters. The fraction of sp³-hybridized carbons (Fsp3) is 0.0400. The molecule has 6 N–H and O–H groups in total. The second kappa shape index (κ2) is 4.96. The van der Waals surface area contributed by atoms with Crippen molar-refractivity contribution < 1.29 is 0 Å². The van der Waals surface area contributed by atoms with Crippen molar-refractivity contribution in [1.29, 1.82) is 0 Å². The van der Waals surface area contributed by atoms with Gasteiger partial charge in [0.15, 0.2) is 0 Å². The Hall–Kier alpha value is -3.72. The van der Waals surface area contributed by atoms with Crippen LogP contribution in [-0.2, 0) is 5.41 Å². The maximum Gasteiger partial charge on any atom is 0.0727 e. The third-order valence-electron chi connectivity index (χ3n) is 6.25. The zero-order chi connectivity index (χ0) is 19.0. The molecule has 0 aliphatic heterocycles. The van der Waals surface area contributed by atoms with Crippen molar-refractivity contribution in [3.05, 3.63) is 101 Å². The Morgan fingerprint density at radius 1 is 0.429 bits per heavy atom. The van der Waals surface area contributed by atoms with Crippen molar-refractivity contribution in [1.82, 2.24) is 0 Å². The van der Waals surface area contributed by atoms with Gasteiger partial charge in [-0.3, -0.25) is 0 Å². The summed E-state index contributed by atoms with van der Waals surface area (Å²) in [5.41, 5.74) is 30.3. The molecule has 2 aliphatic rings. The minimum atomic E-state index is -0.448. The van der Waals surface area contributed by atoms with Gasteiger partial charge in [0.25, 0.3) is 0 Å². The van der Waals surface area contributed by atoms with E-state index >= 15 is 0 Å². The van der Waals surface area contributed by atoms with Crippen LogP contribution in [0.25, 0.3) is 22.3 Å². The van der Waals surface area contributed by atoms with Crippen molar-refractivity contribution in [2.45, 2.75) is 5.41 Å². The zero-order valence-corrected chi connectivity index (χ0v) is 15.2. The van der Waals surface area contributed by atoms with Gasteiger partial charge in [-0.1, -0.05) is 42.5 Å². The van der Waals surface area contributed by atoms with Crippen LogP contribution < -0.4 is 17.2 Å². The van der Waals surface area contributed by atoms with Crippen LogP contribution in [-0.4, -0.2) is 0 Å². The molecule has 1 spiro atoms. The van der Waals surface area contributed by atoms with E-state index in [9.17, 15) is 0 Å². The number of fused-ring (bicyclic) bond motifs is 10. The summed E-state index contributed by atoms with van der Waals surface area (Å²) in [5, 5.41) is 0. The molecular formula is C25H19N3. The van der Waals surface area contributed by atoms with Crippen LogP contribution in [0.3, 0.4) is 0 Å². The molecule has 0 heterocycles. The molecule has 3 nitrogen and oxygen atoms in total. The third-order valence-corrected chi connectivity index (χ3v) is 6.25. The SMILES string of the molecule is Nc1ccc2c(c1)C1(c3ccccc3-2)c2cc(N)ccc2-c2ccc(N)cc21. The van der Waals surface area contributed by atoms with Crippen molar-refractivity contribution in [2.75, 3.05) is 17.2 Å². The Morgan fingerprint density at radius 3 is 1.29 bits per heavy atom. The largest absolute Gasteiger partial charge is 0.399 e.